The number of benzene rings is 2. The molecule has 1 aliphatic heterocycles. The van der Waals surface area contributed by atoms with Gasteiger partial charge in [-0.3, -0.25) is 23.6 Å². The third kappa shape index (κ3) is 6.40. The molecular formula is C39H43ClN6O5. The summed E-state index contributed by atoms with van der Waals surface area (Å²) in [6.45, 7) is 7.45. The van der Waals surface area contributed by atoms with Crippen LogP contribution in [0.25, 0.3) is 33.3 Å². The van der Waals surface area contributed by atoms with Crippen molar-refractivity contribution in [2.75, 3.05) is 25.5 Å². The number of halogens is 1. The summed E-state index contributed by atoms with van der Waals surface area (Å²) in [4.78, 5) is 49.0. The molecule has 0 spiro atoms. The quantitative estimate of drug-likeness (QED) is 0.185. The van der Waals surface area contributed by atoms with Crippen LogP contribution < -0.4 is 21.3 Å². The fourth-order valence-electron chi connectivity index (χ4n) is 7.45. The number of carboxylic acids is 1. The molecular weight excluding hydrogens is 668 g/mol. The van der Waals surface area contributed by atoms with E-state index in [9.17, 15) is 19.5 Å². The van der Waals surface area contributed by atoms with Crippen molar-refractivity contribution in [3.05, 3.63) is 97.3 Å². The molecule has 0 saturated carbocycles. The molecule has 2 aromatic carbocycles. The number of pyridine rings is 2. The molecule has 5 aromatic rings. The lowest BCUT2D eigenvalue weighted by atomic mass is 9.94. The first-order chi connectivity index (χ1) is 24.6. The van der Waals surface area contributed by atoms with Crippen LogP contribution >= 0.6 is 11.6 Å². The number of piperidine rings is 1. The van der Waals surface area contributed by atoms with Crippen molar-refractivity contribution in [1.82, 2.24) is 24.0 Å². The first kappa shape index (κ1) is 35.8. The van der Waals surface area contributed by atoms with E-state index in [1.54, 1.807) is 26.4 Å². The standard InChI is InChI=1S/C37H37ClN6O5.C2H6/c1-20-23(7-6-10-26(20)40-33-31-28(13-16-39-33)42(2)37(48)43(3)35(31)45)24-8-5-9-25(32(24)38)27-19-22-11-12-29(30(22)34(41-27)49-4)44-17-14-21(15-18-44)36(46)47;1-2/h5-10,13,16,19,21,29H,11-12,14-15,17-18H2,1-4H3,(H,39,40)(H,46,47);1-2H3. The number of likely N-dealkylation sites (tertiary alicyclic amines) is 1. The highest BCUT2D eigenvalue weighted by molar-refractivity contribution is 6.36. The number of nitrogens with one attached hydrogen (secondary N) is 1. The summed E-state index contributed by atoms with van der Waals surface area (Å²) in [5, 5.41) is 13.7. The number of hydrogen-bond donors (Lipinski definition) is 2. The van der Waals surface area contributed by atoms with E-state index < -0.39 is 17.2 Å². The predicted octanol–water partition coefficient (Wildman–Crippen LogP) is 6.89. The molecule has 1 aliphatic carbocycles. The molecule has 2 aliphatic rings. The van der Waals surface area contributed by atoms with Crippen molar-refractivity contribution in [3.8, 4) is 28.3 Å². The summed E-state index contributed by atoms with van der Waals surface area (Å²) < 4.78 is 8.39. The molecule has 2 N–H and O–H groups in total. The maximum Gasteiger partial charge on any atom is 0.330 e. The number of aliphatic carboxylic acids is 1. The van der Waals surface area contributed by atoms with Gasteiger partial charge in [0.15, 0.2) is 0 Å². The molecule has 1 fully saturated rings. The number of ether oxygens (including phenoxy) is 1. The summed E-state index contributed by atoms with van der Waals surface area (Å²) in [6, 6.07) is 15.6. The van der Waals surface area contributed by atoms with Gasteiger partial charge in [-0.2, -0.15) is 0 Å². The Labute approximate surface area is 301 Å². The molecule has 4 heterocycles. The van der Waals surface area contributed by atoms with Crippen molar-refractivity contribution < 1.29 is 14.6 Å². The van der Waals surface area contributed by atoms with Crippen molar-refractivity contribution >= 4 is 40.0 Å². The highest BCUT2D eigenvalue weighted by Gasteiger charge is 2.36. The number of methoxy groups -OCH3 is 1. The van der Waals surface area contributed by atoms with E-state index in [2.05, 4.69) is 21.3 Å². The van der Waals surface area contributed by atoms with Crippen LogP contribution in [0.1, 0.15) is 55.8 Å². The highest BCUT2D eigenvalue weighted by Crippen LogP contribution is 2.45. The van der Waals surface area contributed by atoms with Gasteiger partial charge in [-0.15, -0.1) is 0 Å². The van der Waals surface area contributed by atoms with E-state index in [4.69, 9.17) is 21.3 Å². The monoisotopic (exact) mass is 710 g/mol. The second-order valence-electron chi connectivity index (χ2n) is 12.8. The molecule has 3 aromatic heterocycles. The van der Waals surface area contributed by atoms with Crippen LogP contribution in [0.4, 0.5) is 11.5 Å². The molecule has 0 amide bonds. The van der Waals surface area contributed by atoms with Gasteiger partial charge < -0.3 is 15.2 Å². The van der Waals surface area contributed by atoms with Gasteiger partial charge in [0.25, 0.3) is 5.56 Å². The lowest BCUT2D eigenvalue weighted by Gasteiger charge is -2.35. The van der Waals surface area contributed by atoms with Gasteiger partial charge in [-0.05, 0) is 80.6 Å². The summed E-state index contributed by atoms with van der Waals surface area (Å²) in [5.41, 5.74) is 6.77. The number of rotatable bonds is 7. The van der Waals surface area contributed by atoms with Gasteiger partial charge in [-0.1, -0.05) is 55.8 Å². The van der Waals surface area contributed by atoms with Crippen molar-refractivity contribution in [2.45, 2.75) is 52.5 Å². The summed E-state index contributed by atoms with van der Waals surface area (Å²) in [5.74, 6) is -0.0662. The lowest BCUT2D eigenvalue weighted by molar-refractivity contribution is -0.143. The van der Waals surface area contributed by atoms with Crippen LogP contribution in [0.2, 0.25) is 5.02 Å². The Morgan fingerprint density at radius 1 is 0.980 bits per heavy atom. The fourth-order valence-corrected chi connectivity index (χ4v) is 7.77. The Kier molecular flexibility index (Phi) is 10.3. The molecule has 0 radical (unpaired) electrons. The normalized spacial score (nSPS) is 16.0. The largest absolute Gasteiger partial charge is 0.481 e. The average Bonchev–Trinajstić information content (AvgIpc) is 3.59. The molecule has 1 saturated heterocycles. The smallest absolute Gasteiger partial charge is 0.330 e. The second-order valence-corrected chi connectivity index (χ2v) is 13.2. The molecule has 1 atom stereocenters. The van der Waals surface area contributed by atoms with Gasteiger partial charge in [-0.25, -0.2) is 14.8 Å². The number of carbonyl (C=O) groups is 1. The van der Waals surface area contributed by atoms with E-state index in [0.717, 1.165) is 69.7 Å². The number of aromatic nitrogens is 4. The fraction of sp³-hybridized carbons (Fsp3) is 0.359. The van der Waals surface area contributed by atoms with Crippen LogP contribution in [-0.4, -0.2) is 55.3 Å². The summed E-state index contributed by atoms with van der Waals surface area (Å²) >= 11 is 7.20. The molecule has 12 heteroatoms. The van der Waals surface area contributed by atoms with Gasteiger partial charge in [0.05, 0.1) is 29.3 Å². The predicted molar refractivity (Wildman–Crippen MR) is 201 cm³/mol. The maximum atomic E-state index is 13.2. The SMILES string of the molecule is CC.COc1nc(-c2cccc(-c3cccc(Nc4nccc5c4c(=O)n(C)c(=O)n5C)c3C)c2Cl)cc2c1C(N1CCC(C(=O)O)CC1)CC2. The number of fused-ring (bicyclic) bond motifs is 2. The topological polar surface area (TPSA) is 132 Å². The molecule has 266 valence electrons. The molecule has 7 rings (SSSR count). The summed E-state index contributed by atoms with van der Waals surface area (Å²) in [7, 11) is 4.72. The van der Waals surface area contributed by atoms with Crippen molar-refractivity contribution in [2.24, 2.45) is 20.0 Å². The number of hydrogen-bond acceptors (Lipinski definition) is 8. The number of carboxylic acid groups (broad SMARTS) is 1. The minimum Gasteiger partial charge on any atom is -0.481 e. The zero-order valence-corrected chi connectivity index (χ0v) is 30.5. The van der Waals surface area contributed by atoms with Gasteiger partial charge in [0.2, 0.25) is 5.88 Å². The molecule has 11 nitrogen and oxygen atoms in total. The number of aryl methyl sites for hydroxylation is 2. The third-order valence-electron chi connectivity index (χ3n) is 10.2. The zero-order chi connectivity index (χ0) is 36.6. The van der Waals surface area contributed by atoms with E-state index >= 15 is 0 Å². The average molecular weight is 711 g/mol. The van der Waals surface area contributed by atoms with Crippen LogP contribution in [0.3, 0.4) is 0 Å². The minimum absolute atomic E-state index is 0.141. The lowest BCUT2D eigenvalue weighted by Crippen LogP contribution is -2.38. The van der Waals surface area contributed by atoms with Crippen LogP contribution in [0, 0.1) is 12.8 Å². The molecule has 1 unspecified atom stereocenters. The second kappa shape index (κ2) is 14.7. The van der Waals surface area contributed by atoms with Crippen molar-refractivity contribution in [3.63, 3.8) is 0 Å². The van der Waals surface area contributed by atoms with Crippen LogP contribution in [0.15, 0.2) is 64.3 Å². The third-order valence-corrected chi connectivity index (χ3v) is 10.6. The first-order valence-corrected chi connectivity index (χ1v) is 17.7. The number of anilines is 2. The Bertz CT molecular complexity index is 2260. The maximum absolute atomic E-state index is 13.2. The van der Waals surface area contributed by atoms with E-state index in [1.165, 1.54) is 17.2 Å². The van der Waals surface area contributed by atoms with Crippen LogP contribution in [-0.2, 0) is 25.3 Å². The van der Waals surface area contributed by atoms with Crippen LogP contribution in [0.5, 0.6) is 5.88 Å². The van der Waals surface area contributed by atoms with E-state index in [-0.39, 0.29) is 12.0 Å². The highest BCUT2D eigenvalue weighted by atomic mass is 35.5. The Morgan fingerprint density at radius 3 is 2.37 bits per heavy atom. The van der Waals surface area contributed by atoms with E-state index in [1.807, 2.05) is 57.2 Å². The van der Waals surface area contributed by atoms with E-state index in [0.29, 0.717) is 40.5 Å². The van der Waals surface area contributed by atoms with Gasteiger partial charge >= 0.3 is 11.7 Å². The molecule has 51 heavy (non-hydrogen) atoms. The molecule has 0 bridgehead atoms. The minimum atomic E-state index is -0.712. The van der Waals surface area contributed by atoms with Crippen molar-refractivity contribution in [1.29, 1.82) is 0 Å². The van der Waals surface area contributed by atoms with Gasteiger partial charge in [0.1, 0.15) is 11.2 Å². The number of nitrogens with zero attached hydrogens (tertiary/aromatic N) is 5. The van der Waals surface area contributed by atoms with Gasteiger partial charge in [0, 0.05) is 48.7 Å². The Hall–Kier alpha value is -5.00. The zero-order valence-electron chi connectivity index (χ0n) is 29.8. The first-order valence-electron chi connectivity index (χ1n) is 17.3. The summed E-state index contributed by atoms with van der Waals surface area (Å²) in [6.07, 6.45) is 4.66. The Balaban J connectivity index is 0.00000220. The Morgan fingerprint density at radius 2 is 1.67 bits per heavy atom.